The minimum absolute atomic E-state index is 0.159. The predicted molar refractivity (Wildman–Crippen MR) is 66.2 cm³/mol. The Morgan fingerprint density at radius 2 is 2.06 bits per heavy atom. The summed E-state index contributed by atoms with van der Waals surface area (Å²) in [6.07, 6.45) is 1.62. The molecule has 5 heteroatoms. The van der Waals surface area contributed by atoms with Crippen molar-refractivity contribution in [1.29, 1.82) is 0 Å². The largest absolute Gasteiger partial charge is 0.340 e. The van der Waals surface area contributed by atoms with Gasteiger partial charge in [0.25, 0.3) is 0 Å². The van der Waals surface area contributed by atoms with Gasteiger partial charge in [0.15, 0.2) is 0 Å². The minimum Gasteiger partial charge on any atom is -0.340 e. The van der Waals surface area contributed by atoms with Crippen LogP contribution >= 0.6 is 11.6 Å². The molecule has 0 fully saturated rings. The molecule has 0 saturated carbocycles. The second-order valence-electron chi connectivity index (χ2n) is 3.71. The number of halogens is 2. The summed E-state index contributed by atoms with van der Waals surface area (Å²) in [4.78, 5) is 7.92. The highest BCUT2D eigenvalue weighted by molar-refractivity contribution is 6.28. The minimum atomic E-state index is -0.257. The SMILES string of the molecule is Cc1cnc(Cl)nc1Nc1cccc(F)c1C. The van der Waals surface area contributed by atoms with E-state index in [1.807, 2.05) is 6.92 Å². The number of aryl methyl sites for hydroxylation is 1. The molecule has 0 aliphatic heterocycles. The summed E-state index contributed by atoms with van der Waals surface area (Å²) in [6, 6.07) is 4.84. The standard InChI is InChI=1S/C12H11ClFN3/c1-7-6-15-12(13)17-11(7)16-10-5-3-4-9(14)8(10)2/h3-6H,1-2H3,(H,15,16,17). The fourth-order valence-electron chi connectivity index (χ4n) is 1.42. The molecule has 0 unspecified atom stereocenters. The fourth-order valence-corrected chi connectivity index (χ4v) is 1.55. The van der Waals surface area contributed by atoms with Crippen LogP contribution in [0.5, 0.6) is 0 Å². The first-order valence-electron chi connectivity index (χ1n) is 5.09. The zero-order valence-electron chi connectivity index (χ0n) is 9.46. The van der Waals surface area contributed by atoms with E-state index in [0.29, 0.717) is 17.1 Å². The number of hydrogen-bond donors (Lipinski definition) is 1. The average molecular weight is 252 g/mol. The van der Waals surface area contributed by atoms with Gasteiger partial charge in [-0.05, 0) is 37.6 Å². The Balaban J connectivity index is 2.38. The molecule has 0 amide bonds. The number of nitrogens with one attached hydrogen (secondary N) is 1. The van der Waals surface area contributed by atoms with Crippen molar-refractivity contribution < 1.29 is 4.39 Å². The number of anilines is 2. The monoisotopic (exact) mass is 251 g/mol. The summed E-state index contributed by atoms with van der Waals surface area (Å²) in [5.41, 5.74) is 2.06. The van der Waals surface area contributed by atoms with Crippen LogP contribution in [-0.2, 0) is 0 Å². The Morgan fingerprint density at radius 3 is 2.82 bits per heavy atom. The Kier molecular flexibility index (Phi) is 3.24. The second-order valence-corrected chi connectivity index (χ2v) is 4.05. The van der Waals surface area contributed by atoms with Crippen molar-refractivity contribution in [3.05, 3.63) is 46.6 Å². The first-order valence-corrected chi connectivity index (χ1v) is 5.47. The molecular weight excluding hydrogens is 241 g/mol. The van der Waals surface area contributed by atoms with Crippen LogP contribution in [0.25, 0.3) is 0 Å². The number of aromatic nitrogens is 2. The molecule has 17 heavy (non-hydrogen) atoms. The van der Waals surface area contributed by atoms with E-state index >= 15 is 0 Å². The molecule has 0 aliphatic rings. The molecule has 0 bridgehead atoms. The van der Waals surface area contributed by atoms with Crippen LogP contribution in [0.2, 0.25) is 5.28 Å². The van der Waals surface area contributed by atoms with E-state index in [4.69, 9.17) is 11.6 Å². The maximum absolute atomic E-state index is 13.4. The Morgan fingerprint density at radius 1 is 1.29 bits per heavy atom. The van der Waals surface area contributed by atoms with Gasteiger partial charge in [-0.2, -0.15) is 0 Å². The fraction of sp³-hybridized carbons (Fsp3) is 0.167. The van der Waals surface area contributed by atoms with Crippen molar-refractivity contribution in [3.8, 4) is 0 Å². The van der Waals surface area contributed by atoms with Gasteiger partial charge in [0.05, 0.1) is 0 Å². The molecule has 0 spiro atoms. The lowest BCUT2D eigenvalue weighted by atomic mass is 10.2. The van der Waals surface area contributed by atoms with Crippen molar-refractivity contribution in [2.75, 3.05) is 5.32 Å². The van der Waals surface area contributed by atoms with Crippen LogP contribution in [0.4, 0.5) is 15.9 Å². The van der Waals surface area contributed by atoms with Crippen molar-refractivity contribution in [3.63, 3.8) is 0 Å². The molecule has 0 aliphatic carbocycles. The van der Waals surface area contributed by atoms with Crippen molar-refractivity contribution >= 4 is 23.1 Å². The topological polar surface area (TPSA) is 37.8 Å². The van der Waals surface area contributed by atoms with Gasteiger partial charge in [0, 0.05) is 23.0 Å². The van der Waals surface area contributed by atoms with Gasteiger partial charge in [-0.15, -0.1) is 0 Å². The molecular formula is C12H11ClFN3. The maximum Gasteiger partial charge on any atom is 0.224 e. The first kappa shape index (κ1) is 11.8. The molecule has 1 aromatic heterocycles. The molecule has 0 radical (unpaired) electrons. The molecule has 0 saturated heterocycles. The third-order valence-electron chi connectivity index (χ3n) is 2.46. The van der Waals surface area contributed by atoms with E-state index in [1.54, 1.807) is 25.3 Å². The highest BCUT2D eigenvalue weighted by Crippen LogP contribution is 2.23. The normalized spacial score (nSPS) is 10.4. The quantitative estimate of drug-likeness (QED) is 0.829. The van der Waals surface area contributed by atoms with E-state index in [9.17, 15) is 4.39 Å². The van der Waals surface area contributed by atoms with Crippen molar-refractivity contribution in [2.45, 2.75) is 13.8 Å². The van der Waals surface area contributed by atoms with Gasteiger partial charge >= 0.3 is 0 Å². The van der Waals surface area contributed by atoms with E-state index in [-0.39, 0.29) is 11.1 Å². The maximum atomic E-state index is 13.4. The molecule has 88 valence electrons. The van der Waals surface area contributed by atoms with Crippen LogP contribution in [0.15, 0.2) is 24.4 Å². The van der Waals surface area contributed by atoms with Crippen molar-refractivity contribution in [1.82, 2.24) is 9.97 Å². The van der Waals surface area contributed by atoms with Gasteiger partial charge in [-0.3, -0.25) is 0 Å². The lowest BCUT2D eigenvalue weighted by Crippen LogP contribution is -2.00. The second kappa shape index (κ2) is 4.67. The Labute approximate surface area is 104 Å². The summed E-state index contributed by atoms with van der Waals surface area (Å²) in [6.45, 7) is 3.56. The summed E-state index contributed by atoms with van der Waals surface area (Å²) >= 11 is 5.72. The highest BCUT2D eigenvalue weighted by atomic mass is 35.5. The third kappa shape index (κ3) is 2.53. The van der Waals surface area contributed by atoms with Crippen LogP contribution in [0, 0.1) is 19.7 Å². The number of nitrogens with zero attached hydrogens (tertiary/aromatic N) is 2. The Bertz CT molecular complexity index is 557. The molecule has 0 atom stereocenters. The van der Waals surface area contributed by atoms with E-state index in [2.05, 4.69) is 15.3 Å². The third-order valence-corrected chi connectivity index (χ3v) is 2.65. The smallest absolute Gasteiger partial charge is 0.224 e. The molecule has 1 heterocycles. The van der Waals surface area contributed by atoms with Crippen LogP contribution in [-0.4, -0.2) is 9.97 Å². The molecule has 1 aromatic carbocycles. The van der Waals surface area contributed by atoms with Gasteiger partial charge < -0.3 is 5.32 Å². The van der Waals surface area contributed by atoms with Gasteiger partial charge in [0.1, 0.15) is 11.6 Å². The lowest BCUT2D eigenvalue weighted by Gasteiger charge is -2.11. The van der Waals surface area contributed by atoms with Gasteiger partial charge in [-0.25, -0.2) is 14.4 Å². The lowest BCUT2D eigenvalue weighted by molar-refractivity contribution is 0.619. The Hall–Kier alpha value is -1.68. The number of rotatable bonds is 2. The van der Waals surface area contributed by atoms with E-state index in [1.165, 1.54) is 6.07 Å². The summed E-state index contributed by atoms with van der Waals surface area (Å²) in [7, 11) is 0. The number of benzene rings is 1. The highest BCUT2D eigenvalue weighted by Gasteiger charge is 2.07. The molecule has 2 aromatic rings. The van der Waals surface area contributed by atoms with Crippen LogP contribution in [0.1, 0.15) is 11.1 Å². The van der Waals surface area contributed by atoms with Gasteiger partial charge in [-0.1, -0.05) is 6.07 Å². The van der Waals surface area contributed by atoms with E-state index < -0.39 is 0 Å². The average Bonchev–Trinajstić information content (AvgIpc) is 2.30. The van der Waals surface area contributed by atoms with Crippen LogP contribution < -0.4 is 5.32 Å². The first-order chi connectivity index (χ1) is 8.08. The number of hydrogen-bond acceptors (Lipinski definition) is 3. The zero-order chi connectivity index (χ0) is 12.4. The zero-order valence-corrected chi connectivity index (χ0v) is 10.2. The van der Waals surface area contributed by atoms with E-state index in [0.717, 1.165) is 5.56 Å². The summed E-state index contributed by atoms with van der Waals surface area (Å²) in [5, 5.41) is 3.21. The van der Waals surface area contributed by atoms with Crippen LogP contribution in [0.3, 0.4) is 0 Å². The predicted octanol–water partition coefficient (Wildman–Crippen LogP) is 3.63. The molecule has 1 N–H and O–H groups in total. The summed E-state index contributed by atoms with van der Waals surface area (Å²) in [5.74, 6) is 0.325. The molecule has 3 nitrogen and oxygen atoms in total. The summed E-state index contributed by atoms with van der Waals surface area (Å²) < 4.78 is 13.4. The molecule has 2 rings (SSSR count). The van der Waals surface area contributed by atoms with Crippen molar-refractivity contribution in [2.24, 2.45) is 0 Å². The van der Waals surface area contributed by atoms with Gasteiger partial charge in [0.2, 0.25) is 5.28 Å².